The standard InChI is InChI=1S/C13H20N2O3S/c1-2-3-9-18-10-8-15-19(16,17)13-6-4-12(11-14)5-7-13/h2,4-7,15H,1,3,8-11,14H2. The topological polar surface area (TPSA) is 81.4 Å². The first-order valence-electron chi connectivity index (χ1n) is 6.07. The summed E-state index contributed by atoms with van der Waals surface area (Å²) in [5.41, 5.74) is 6.35. The SMILES string of the molecule is C=CCCOCCNS(=O)(=O)c1ccc(CN)cc1. The van der Waals surface area contributed by atoms with Gasteiger partial charge in [0.05, 0.1) is 18.1 Å². The van der Waals surface area contributed by atoms with Gasteiger partial charge in [0.15, 0.2) is 0 Å². The number of ether oxygens (including phenoxy) is 1. The minimum absolute atomic E-state index is 0.232. The Bertz CT molecular complexity index is 483. The van der Waals surface area contributed by atoms with Crippen LogP contribution in [0.2, 0.25) is 0 Å². The molecule has 19 heavy (non-hydrogen) atoms. The highest BCUT2D eigenvalue weighted by Gasteiger charge is 2.12. The van der Waals surface area contributed by atoms with Crippen molar-refractivity contribution in [2.45, 2.75) is 17.9 Å². The summed E-state index contributed by atoms with van der Waals surface area (Å²) in [6, 6.07) is 6.50. The quantitative estimate of drug-likeness (QED) is 0.524. The van der Waals surface area contributed by atoms with Gasteiger partial charge in [-0.1, -0.05) is 18.2 Å². The Morgan fingerprint density at radius 2 is 1.95 bits per heavy atom. The van der Waals surface area contributed by atoms with E-state index < -0.39 is 10.0 Å². The molecule has 0 spiro atoms. The minimum atomic E-state index is -3.47. The van der Waals surface area contributed by atoms with E-state index in [0.717, 1.165) is 12.0 Å². The summed E-state index contributed by atoms with van der Waals surface area (Å²) in [5, 5.41) is 0. The maximum absolute atomic E-state index is 11.9. The molecule has 1 rings (SSSR count). The molecule has 0 unspecified atom stereocenters. The van der Waals surface area contributed by atoms with E-state index in [1.165, 1.54) is 0 Å². The second-order valence-electron chi connectivity index (χ2n) is 3.94. The highest BCUT2D eigenvalue weighted by Crippen LogP contribution is 2.09. The van der Waals surface area contributed by atoms with Gasteiger partial charge >= 0.3 is 0 Å². The molecular formula is C13H20N2O3S. The number of nitrogens with two attached hydrogens (primary N) is 1. The number of benzene rings is 1. The molecule has 0 fully saturated rings. The molecule has 0 heterocycles. The molecule has 0 aliphatic heterocycles. The van der Waals surface area contributed by atoms with Crippen molar-refractivity contribution in [3.05, 3.63) is 42.5 Å². The summed E-state index contributed by atoms with van der Waals surface area (Å²) in [7, 11) is -3.47. The molecule has 6 heteroatoms. The third-order valence-electron chi connectivity index (χ3n) is 2.47. The monoisotopic (exact) mass is 284 g/mol. The van der Waals surface area contributed by atoms with Crippen molar-refractivity contribution in [1.29, 1.82) is 0 Å². The second-order valence-corrected chi connectivity index (χ2v) is 5.70. The van der Waals surface area contributed by atoms with Crippen LogP contribution in [-0.4, -0.2) is 28.2 Å². The van der Waals surface area contributed by atoms with E-state index in [2.05, 4.69) is 11.3 Å². The van der Waals surface area contributed by atoms with Gasteiger partial charge in [-0.05, 0) is 24.1 Å². The fraction of sp³-hybridized carbons (Fsp3) is 0.385. The number of hydrogen-bond acceptors (Lipinski definition) is 4. The first-order chi connectivity index (χ1) is 9.10. The summed E-state index contributed by atoms with van der Waals surface area (Å²) in [6.45, 7) is 5.11. The van der Waals surface area contributed by atoms with E-state index in [4.69, 9.17) is 10.5 Å². The lowest BCUT2D eigenvalue weighted by Crippen LogP contribution is -2.27. The molecule has 0 aromatic heterocycles. The Morgan fingerprint density at radius 1 is 1.26 bits per heavy atom. The summed E-state index contributed by atoms with van der Waals surface area (Å²) in [4.78, 5) is 0.232. The molecule has 1 aromatic rings. The number of rotatable bonds is 9. The molecule has 3 N–H and O–H groups in total. The fourth-order valence-electron chi connectivity index (χ4n) is 1.40. The van der Waals surface area contributed by atoms with Crippen LogP contribution in [0, 0.1) is 0 Å². The smallest absolute Gasteiger partial charge is 0.240 e. The first-order valence-corrected chi connectivity index (χ1v) is 7.56. The third kappa shape index (κ3) is 5.52. The van der Waals surface area contributed by atoms with Gasteiger partial charge in [0.1, 0.15) is 0 Å². The molecule has 0 saturated heterocycles. The first kappa shape index (κ1) is 15.8. The zero-order chi connectivity index (χ0) is 14.1. The second kappa shape index (κ2) is 8.06. The number of sulfonamides is 1. The molecule has 5 nitrogen and oxygen atoms in total. The summed E-state index contributed by atoms with van der Waals surface area (Å²) >= 11 is 0. The lowest BCUT2D eigenvalue weighted by Gasteiger charge is -2.07. The van der Waals surface area contributed by atoms with Gasteiger partial charge < -0.3 is 10.5 Å². The van der Waals surface area contributed by atoms with Crippen molar-refractivity contribution in [2.24, 2.45) is 5.73 Å². The molecule has 0 aliphatic carbocycles. The van der Waals surface area contributed by atoms with Crippen LogP contribution in [0.1, 0.15) is 12.0 Å². The van der Waals surface area contributed by atoms with Crippen molar-refractivity contribution in [3.8, 4) is 0 Å². The van der Waals surface area contributed by atoms with Gasteiger partial charge in [0.25, 0.3) is 0 Å². The van der Waals surface area contributed by atoms with Crippen LogP contribution in [0.3, 0.4) is 0 Å². The third-order valence-corrected chi connectivity index (χ3v) is 3.95. The zero-order valence-electron chi connectivity index (χ0n) is 10.8. The lowest BCUT2D eigenvalue weighted by atomic mass is 10.2. The Labute approximate surface area is 114 Å². The summed E-state index contributed by atoms with van der Waals surface area (Å²) in [5.74, 6) is 0. The lowest BCUT2D eigenvalue weighted by molar-refractivity contribution is 0.144. The van der Waals surface area contributed by atoms with Crippen LogP contribution < -0.4 is 10.5 Å². The van der Waals surface area contributed by atoms with Crippen molar-refractivity contribution in [2.75, 3.05) is 19.8 Å². The van der Waals surface area contributed by atoms with Crippen LogP contribution in [-0.2, 0) is 21.3 Å². The molecular weight excluding hydrogens is 264 g/mol. The van der Waals surface area contributed by atoms with E-state index in [0.29, 0.717) is 19.8 Å². The molecule has 0 radical (unpaired) electrons. The van der Waals surface area contributed by atoms with Gasteiger partial charge in [0, 0.05) is 13.1 Å². The Morgan fingerprint density at radius 3 is 2.53 bits per heavy atom. The zero-order valence-corrected chi connectivity index (χ0v) is 11.7. The maximum atomic E-state index is 11.9. The molecule has 0 aliphatic rings. The fourth-order valence-corrected chi connectivity index (χ4v) is 2.42. The Balaban J connectivity index is 2.44. The van der Waals surface area contributed by atoms with Crippen molar-refractivity contribution in [1.82, 2.24) is 4.72 Å². The normalized spacial score (nSPS) is 11.4. The highest BCUT2D eigenvalue weighted by atomic mass is 32.2. The van der Waals surface area contributed by atoms with E-state index in [1.807, 2.05) is 0 Å². The highest BCUT2D eigenvalue weighted by molar-refractivity contribution is 7.89. The van der Waals surface area contributed by atoms with Crippen molar-refractivity contribution in [3.63, 3.8) is 0 Å². The molecule has 0 saturated carbocycles. The van der Waals surface area contributed by atoms with Gasteiger partial charge in [-0.2, -0.15) is 0 Å². The van der Waals surface area contributed by atoms with Crippen LogP contribution in [0.5, 0.6) is 0 Å². The van der Waals surface area contributed by atoms with E-state index >= 15 is 0 Å². The predicted molar refractivity (Wildman–Crippen MR) is 75.2 cm³/mol. The molecule has 0 amide bonds. The van der Waals surface area contributed by atoms with Gasteiger partial charge in [-0.3, -0.25) is 0 Å². The van der Waals surface area contributed by atoms with Gasteiger partial charge in [-0.15, -0.1) is 6.58 Å². The summed E-state index contributed by atoms with van der Waals surface area (Å²) < 4.78 is 31.5. The van der Waals surface area contributed by atoms with Gasteiger partial charge in [0.2, 0.25) is 10.0 Å². The molecule has 0 atom stereocenters. The Hall–Kier alpha value is -1.21. The van der Waals surface area contributed by atoms with E-state index in [-0.39, 0.29) is 11.4 Å². The van der Waals surface area contributed by atoms with Gasteiger partial charge in [-0.25, -0.2) is 13.1 Å². The number of nitrogens with one attached hydrogen (secondary N) is 1. The van der Waals surface area contributed by atoms with Crippen molar-refractivity contribution < 1.29 is 13.2 Å². The largest absolute Gasteiger partial charge is 0.380 e. The van der Waals surface area contributed by atoms with Crippen LogP contribution in [0.4, 0.5) is 0 Å². The average molecular weight is 284 g/mol. The van der Waals surface area contributed by atoms with E-state index in [9.17, 15) is 8.42 Å². The van der Waals surface area contributed by atoms with Crippen LogP contribution in [0.25, 0.3) is 0 Å². The molecule has 0 bridgehead atoms. The predicted octanol–water partition coefficient (Wildman–Crippen LogP) is 1.02. The van der Waals surface area contributed by atoms with Crippen LogP contribution >= 0.6 is 0 Å². The van der Waals surface area contributed by atoms with Crippen LogP contribution in [0.15, 0.2) is 41.8 Å². The molecule has 1 aromatic carbocycles. The minimum Gasteiger partial charge on any atom is -0.380 e. The van der Waals surface area contributed by atoms with Crippen molar-refractivity contribution >= 4 is 10.0 Å². The van der Waals surface area contributed by atoms with E-state index in [1.54, 1.807) is 30.3 Å². The summed E-state index contributed by atoms with van der Waals surface area (Å²) in [6.07, 6.45) is 2.51. The Kier molecular flexibility index (Phi) is 6.72. The maximum Gasteiger partial charge on any atom is 0.240 e. The number of hydrogen-bond donors (Lipinski definition) is 2. The molecule has 106 valence electrons. The average Bonchev–Trinajstić information content (AvgIpc) is 2.43.